The molecular weight excluding hydrogens is 258 g/mol. The summed E-state index contributed by atoms with van der Waals surface area (Å²) >= 11 is 0. The van der Waals surface area contributed by atoms with Crippen LogP contribution < -0.4 is 5.73 Å². The molecular formula is C14H9N3O3. The lowest BCUT2D eigenvalue weighted by molar-refractivity contribution is -0.384. The van der Waals surface area contributed by atoms with Gasteiger partial charge in [-0.25, -0.2) is 0 Å². The first-order valence-electron chi connectivity index (χ1n) is 5.62. The van der Waals surface area contributed by atoms with Crippen molar-refractivity contribution in [3.05, 3.63) is 63.7 Å². The number of nitrogens with zero attached hydrogens (tertiary/aromatic N) is 2. The van der Waals surface area contributed by atoms with Gasteiger partial charge in [0.15, 0.2) is 0 Å². The van der Waals surface area contributed by atoms with Gasteiger partial charge in [-0.1, -0.05) is 18.2 Å². The summed E-state index contributed by atoms with van der Waals surface area (Å²) in [4.78, 5) is 21.6. The molecule has 2 N–H and O–H groups in total. The summed E-state index contributed by atoms with van der Waals surface area (Å²) in [6.45, 7) is 0. The van der Waals surface area contributed by atoms with E-state index in [9.17, 15) is 14.9 Å². The first-order chi connectivity index (χ1) is 9.54. The summed E-state index contributed by atoms with van der Waals surface area (Å²) in [5.74, 6) is -0.781. The number of nitriles is 1. The van der Waals surface area contributed by atoms with Crippen LogP contribution in [-0.4, -0.2) is 10.8 Å². The SMILES string of the molecule is N#Cc1ccccc1-c1ccc([N+](=O)[O-])cc1C(N)=O. The van der Waals surface area contributed by atoms with Crippen molar-refractivity contribution < 1.29 is 9.72 Å². The molecule has 0 bridgehead atoms. The lowest BCUT2D eigenvalue weighted by Crippen LogP contribution is -2.13. The van der Waals surface area contributed by atoms with E-state index in [1.54, 1.807) is 24.3 Å². The van der Waals surface area contributed by atoms with Crippen LogP contribution in [0.2, 0.25) is 0 Å². The molecule has 2 aromatic carbocycles. The van der Waals surface area contributed by atoms with Gasteiger partial charge in [-0.15, -0.1) is 0 Å². The maximum atomic E-state index is 11.5. The van der Waals surface area contributed by atoms with Crippen LogP contribution >= 0.6 is 0 Å². The fraction of sp³-hybridized carbons (Fsp3) is 0. The van der Waals surface area contributed by atoms with Crippen LogP contribution in [0.1, 0.15) is 15.9 Å². The summed E-state index contributed by atoms with van der Waals surface area (Å²) in [7, 11) is 0. The first-order valence-corrected chi connectivity index (χ1v) is 5.62. The smallest absolute Gasteiger partial charge is 0.270 e. The van der Waals surface area contributed by atoms with Gasteiger partial charge in [-0.3, -0.25) is 14.9 Å². The van der Waals surface area contributed by atoms with Crippen LogP contribution in [0.25, 0.3) is 11.1 Å². The number of rotatable bonds is 3. The van der Waals surface area contributed by atoms with Crippen molar-refractivity contribution in [2.24, 2.45) is 5.73 Å². The number of benzene rings is 2. The van der Waals surface area contributed by atoms with Crippen molar-refractivity contribution in [3.8, 4) is 17.2 Å². The first kappa shape index (κ1) is 13.2. The van der Waals surface area contributed by atoms with Crippen molar-refractivity contribution in [3.63, 3.8) is 0 Å². The van der Waals surface area contributed by atoms with E-state index >= 15 is 0 Å². The van der Waals surface area contributed by atoms with Crippen molar-refractivity contribution >= 4 is 11.6 Å². The second-order valence-electron chi connectivity index (χ2n) is 4.01. The number of non-ortho nitro benzene ring substituents is 1. The minimum atomic E-state index is -0.781. The number of nitrogens with two attached hydrogens (primary N) is 1. The molecule has 20 heavy (non-hydrogen) atoms. The van der Waals surface area contributed by atoms with Gasteiger partial charge in [0.25, 0.3) is 5.69 Å². The minimum Gasteiger partial charge on any atom is -0.366 e. The Morgan fingerprint density at radius 1 is 1.20 bits per heavy atom. The standard InChI is InChI=1S/C14H9N3O3/c15-8-9-3-1-2-4-11(9)12-6-5-10(17(19)20)7-13(12)14(16)18/h1-7H,(H2,16,18). The predicted octanol–water partition coefficient (Wildman–Crippen LogP) is 2.23. The quantitative estimate of drug-likeness (QED) is 0.678. The molecule has 0 saturated heterocycles. The highest BCUT2D eigenvalue weighted by molar-refractivity contribution is 6.01. The zero-order valence-electron chi connectivity index (χ0n) is 10.2. The summed E-state index contributed by atoms with van der Waals surface area (Å²) in [5, 5.41) is 19.8. The van der Waals surface area contributed by atoms with Gasteiger partial charge >= 0.3 is 0 Å². The minimum absolute atomic E-state index is 0.0156. The molecule has 0 atom stereocenters. The van der Waals surface area contributed by atoms with Gasteiger partial charge in [-0.2, -0.15) is 5.26 Å². The van der Waals surface area contributed by atoms with Gasteiger partial charge in [0.1, 0.15) is 0 Å². The number of hydrogen-bond acceptors (Lipinski definition) is 4. The average Bonchev–Trinajstić information content (AvgIpc) is 2.46. The molecule has 98 valence electrons. The van der Waals surface area contributed by atoms with Gasteiger partial charge in [0, 0.05) is 17.7 Å². The van der Waals surface area contributed by atoms with Crippen molar-refractivity contribution in [2.75, 3.05) is 0 Å². The zero-order chi connectivity index (χ0) is 14.7. The zero-order valence-corrected chi connectivity index (χ0v) is 10.2. The highest BCUT2D eigenvalue weighted by Crippen LogP contribution is 2.29. The van der Waals surface area contributed by atoms with Crippen LogP contribution in [0.5, 0.6) is 0 Å². The highest BCUT2D eigenvalue weighted by atomic mass is 16.6. The van der Waals surface area contributed by atoms with E-state index in [0.29, 0.717) is 16.7 Å². The topological polar surface area (TPSA) is 110 Å². The normalized spacial score (nSPS) is 9.75. The van der Waals surface area contributed by atoms with Crippen molar-refractivity contribution in [2.45, 2.75) is 0 Å². The van der Waals surface area contributed by atoms with Gasteiger partial charge in [-0.05, 0) is 17.7 Å². The van der Waals surface area contributed by atoms with Crippen LogP contribution in [-0.2, 0) is 0 Å². The second-order valence-corrected chi connectivity index (χ2v) is 4.01. The third-order valence-corrected chi connectivity index (χ3v) is 2.82. The fourth-order valence-electron chi connectivity index (χ4n) is 1.90. The fourth-order valence-corrected chi connectivity index (χ4v) is 1.90. The van der Waals surface area contributed by atoms with Crippen LogP contribution in [0.4, 0.5) is 5.69 Å². The molecule has 2 aromatic rings. The molecule has 0 heterocycles. The van der Waals surface area contributed by atoms with Crippen LogP contribution in [0.3, 0.4) is 0 Å². The Morgan fingerprint density at radius 3 is 2.50 bits per heavy atom. The Hall–Kier alpha value is -3.20. The average molecular weight is 267 g/mol. The summed E-state index contributed by atoms with van der Waals surface area (Å²) in [6, 6.07) is 12.5. The summed E-state index contributed by atoms with van der Waals surface area (Å²) < 4.78 is 0. The number of carbonyl (C=O) groups excluding carboxylic acids is 1. The Kier molecular flexibility index (Phi) is 3.44. The molecule has 0 aromatic heterocycles. The lowest BCUT2D eigenvalue weighted by Gasteiger charge is -2.08. The molecule has 0 aliphatic heterocycles. The molecule has 0 spiro atoms. The maximum Gasteiger partial charge on any atom is 0.270 e. The second kappa shape index (κ2) is 5.20. The van der Waals surface area contributed by atoms with Crippen molar-refractivity contribution in [1.29, 1.82) is 5.26 Å². The molecule has 0 unspecified atom stereocenters. The number of amides is 1. The Morgan fingerprint density at radius 2 is 1.90 bits per heavy atom. The molecule has 1 amide bonds. The number of nitro benzene ring substituents is 1. The molecule has 0 aliphatic rings. The summed E-state index contributed by atoms with van der Waals surface area (Å²) in [6.07, 6.45) is 0. The Balaban J connectivity index is 2.72. The van der Waals surface area contributed by atoms with E-state index in [0.717, 1.165) is 6.07 Å². The van der Waals surface area contributed by atoms with E-state index in [1.807, 2.05) is 6.07 Å². The van der Waals surface area contributed by atoms with Crippen molar-refractivity contribution in [1.82, 2.24) is 0 Å². The van der Waals surface area contributed by atoms with Gasteiger partial charge < -0.3 is 5.73 Å². The van der Waals surface area contributed by atoms with E-state index in [-0.39, 0.29) is 11.3 Å². The number of nitro groups is 1. The molecule has 6 nitrogen and oxygen atoms in total. The van der Waals surface area contributed by atoms with Gasteiger partial charge in [0.2, 0.25) is 5.91 Å². The molecule has 0 fully saturated rings. The molecule has 0 saturated carbocycles. The Labute approximate surface area is 114 Å². The third kappa shape index (κ3) is 2.33. The van der Waals surface area contributed by atoms with Crippen LogP contribution in [0.15, 0.2) is 42.5 Å². The molecule has 0 radical (unpaired) electrons. The number of primary amides is 1. The molecule has 0 aliphatic carbocycles. The van der Waals surface area contributed by atoms with Gasteiger partial charge in [0.05, 0.1) is 22.1 Å². The van der Waals surface area contributed by atoms with E-state index in [2.05, 4.69) is 0 Å². The highest BCUT2D eigenvalue weighted by Gasteiger charge is 2.17. The van der Waals surface area contributed by atoms with E-state index < -0.39 is 10.8 Å². The van der Waals surface area contributed by atoms with E-state index in [4.69, 9.17) is 11.0 Å². The lowest BCUT2D eigenvalue weighted by atomic mass is 9.95. The summed E-state index contributed by atoms with van der Waals surface area (Å²) in [5.41, 5.74) is 6.34. The van der Waals surface area contributed by atoms with E-state index in [1.165, 1.54) is 12.1 Å². The Bertz CT molecular complexity index is 748. The molecule has 6 heteroatoms. The number of carbonyl (C=O) groups is 1. The largest absolute Gasteiger partial charge is 0.366 e. The number of hydrogen-bond donors (Lipinski definition) is 1. The van der Waals surface area contributed by atoms with Crippen LogP contribution in [0, 0.1) is 21.4 Å². The molecule has 2 rings (SSSR count). The maximum absolute atomic E-state index is 11.5. The third-order valence-electron chi connectivity index (χ3n) is 2.82. The predicted molar refractivity (Wildman–Crippen MR) is 71.8 cm³/mol. The monoisotopic (exact) mass is 267 g/mol.